The molecule has 0 fully saturated rings. The Bertz CT molecular complexity index is 804. The van der Waals surface area contributed by atoms with Gasteiger partial charge in [0.05, 0.1) is 5.69 Å². The number of rotatable bonds is 4. The summed E-state index contributed by atoms with van der Waals surface area (Å²) >= 11 is 5.83. The lowest BCUT2D eigenvalue weighted by molar-refractivity contribution is 0.0951. The standard InChI is InChI=1S/C18H14ClN3O/c19-16-5-3-14(4-6-16)18(23)22-12-15-2-1-9-21-17(15)13-7-10-20-11-8-13/h1-11H,12H2,(H,22,23). The summed E-state index contributed by atoms with van der Waals surface area (Å²) in [6.07, 6.45) is 5.18. The minimum Gasteiger partial charge on any atom is -0.348 e. The molecule has 5 heteroatoms. The van der Waals surface area contributed by atoms with Crippen LogP contribution >= 0.6 is 11.6 Å². The van der Waals surface area contributed by atoms with Gasteiger partial charge in [0.15, 0.2) is 0 Å². The molecule has 0 atom stereocenters. The fourth-order valence-corrected chi connectivity index (χ4v) is 2.36. The van der Waals surface area contributed by atoms with E-state index < -0.39 is 0 Å². The van der Waals surface area contributed by atoms with Crippen LogP contribution in [0.25, 0.3) is 11.3 Å². The van der Waals surface area contributed by atoms with Gasteiger partial charge in [0, 0.05) is 41.3 Å². The van der Waals surface area contributed by atoms with E-state index in [2.05, 4.69) is 15.3 Å². The molecule has 1 N–H and O–H groups in total. The minimum absolute atomic E-state index is 0.147. The van der Waals surface area contributed by atoms with Crippen molar-refractivity contribution in [3.8, 4) is 11.3 Å². The van der Waals surface area contributed by atoms with Crippen molar-refractivity contribution in [3.63, 3.8) is 0 Å². The van der Waals surface area contributed by atoms with Gasteiger partial charge in [0.1, 0.15) is 0 Å². The van der Waals surface area contributed by atoms with Crippen molar-refractivity contribution < 1.29 is 4.79 Å². The molecule has 1 amide bonds. The predicted molar refractivity (Wildman–Crippen MR) is 90.1 cm³/mol. The van der Waals surface area contributed by atoms with Crippen LogP contribution in [-0.2, 0) is 6.54 Å². The molecule has 0 saturated carbocycles. The minimum atomic E-state index is -0.147. The summed E-state index contributed by atoms with van der Waals surface area (Å²) in [5.74, 6) is -0.147. The summed E-state index contributed by atoms with van der Waals surface area (Å²) in [5, 5.41) is 3.51. The largest absolute Gasteiger partial charge is 0.348 e. The first-order valence-electron chi connectivity index (χ1n) is 7.12. The molecular formula is C18H14ClN3O. The lowest BCUT2D eigenvalue weighted by Gasteiger charge is -2.10. The Balaban J connectivity index is 1.76. The average molecular weight is 324 g/mol. The Morgan fingerprint density at radius 2 is 1.74 bits per heavy atom. The van der Waals surface area contributed by atoms with Gasteiger partial charge in [-0.25, -0.2) is 0 Å². The molecule has 0 radical (unpaired) electrons. The van der Waals surface area contributed by atoms with E-state index in [-0.39, 0.29) is 5.91 Å². The molecule has 0 aliphatic rings. The maximum atomic E-state index is 12.2. The molecule has 23 heavy (non-hydrogen) atoms. The fourth-order valence-electron chi connectivity index (χ4n) is 2.23. The normalized spacial score (nSPS) is 10.3. The third-order valence-electron chi connectivity index (χ3n) is 3.39. The summed E-state index contributed by atoms with van der Waals surface area (Å²) in [6, 6.07) is 14.4. The summed E-state index contributed by atoms with van der Waals surface area (Å²) in [6.45, 7) is 0.396. The van der Waals surface area contributed by atoms with Gasteiger partial charge in [-0.1, -0.05) is 17.7 Å². The van der Waals surface area contributed by atoms with Crippen molar-refractivity contribution in [3.05, 3.63) is 83.3 Å². The van der Waals surface area contributed by atoms with E-state index >= 15 is 0 Å². The van der Waals surface area contributed by atoms with Crippen LogP contribution in [-0.4, -0.2) is 15.9 Å². The number of nitrogens with one attached hydrogen (secondary N) is 1. The molecule has 3 rings (SSSR count). The number of pyridine rings is 2. The molecular weight excluding hydrogens is 310 g/mol. The number of nitrogens with zero attached hydrogens (tertiary/aromatic N) is 2. The third-order valence-corrected chi connectivity index (χ3v) is 3.64. The Kier molecular flexibility index (Phi) is 4.64. The zero-order valence-electron chi connectivity index (χ0n) is 12.2. The maximum Gasteiger partial charge on any atom is 0.251 e. The zero-order chi connectivity index (χ0) is 16.1. The predicted octanol–water partition coefficient (Wildman–Crippen LogP) is 3.73. The number of halogens is 1. The molecule has 114 valence electrons. The number of carbonyl (C=O) groups is 1. The lowest BCUT2D eigenvalue weighted by Crippen LogP contribution is -2.23. The van der Waals surface area contributed by atoms with Gasteiger partial charge < -0.3 is 5.32 Å². The topological polar surface area (TPSA) is 54.9 Å². The van der Waals surface area contributed by atoms with Gasteiger partial charge in [0.2, 0.25) is 0 Å². The Labute approximate surface area is 139 Å². The maximum absolute atomic E-state index is 12.2. The van der Waals surface area contributed by atoms with Crippen LogP contribution in [0.1, 0.15) is 15.9 Å². The number of hydrogen-bond acceptors (Lipinski definition) is 3. The van der Waals surface area contributed by atoms with Crippen LogP contribution in [0.4, 0.5) is 0 Å². The fraction of sp³-hybridized carbons (Fsp3) is 0.0556. The van der Waals surface area contributed by atoms with Crippen molar-refractivity contribution >= 4 is 17.5 Å². The summed E-state index contributed by atoms with van der Waals surface area (Å²) in [5.41, 5.74) is 3.33. The number of hydrogen-bond donors (Lipinski definition) is 1. The van der Waals surface area contributed by atoms with Crippen LogP contribution in [0.5, 0.6) is 0 Å². The van der Waals surface area contributed by atoms with Gasteiger partial charge in [-0.3, -0.25) is 14.8 Å². The lowest BCUT2D eigenvalue weighted by atomic mass is 10.1. The quantitative estimate of drug-likeness (QED) is 0.796. The van der Waals surface area contributed by atoms with Gasteiger partial charge in [-0.15, -0.1) is 0 Å². The Morgan fingerprint density at radius 3 is 2.48 bits per heavy atom. The number of benzene rings is 1. The Hall–Kier alpha value is -2.72. The number of aromatic nitrogens is 2. The monoisotopic (exact) mass is 323 g/mol. The SMILES string of the molecule is O=C(NCc1cccnc1-c1ccncc1)c1ccc(Cl)cc1. The summed E-state index contributed by atoms with van der Waals surface area (Å²) in [4.78, 5) is 20.6. The number of amides is 1. The zero-order valence-corrected chi connectivity index (χ0v) is 13.0. The molecule has 2 heterocycles. The van der Waals surface area contributed by atoms with Crippen molar-refractivity contribution in [1.29, 1.82) is 0 Å². The third kappa shape index (κ3) is 3.73. The highest BCUT2D eigenvalue weighted by Crippen LogP contribution is 2.20. The van der Waals surface area contributed by atoms with Crippen molar-refractivity contribution in [2.24, 2.45) is 0 Å². The van der Waals surface area contributed by atoms with Crippen LogP contribution in [0.3, 0.4) is 0 Å². The van der Waals surface area contributed by atoms with Crippen LogP contribution in [0, 0.1) is 0 Å². The van der Waals surface area contributed by atoms with E-state index in [1.165, 1.54) is 0 Å². The van der Waals surface area contributed by atoms with Gasteiger partial charge >= 0.3 is 0 Å². The first-order chi connectivity index (χ1) is 11.2. The Morgan fingerprint density at radius 1 is 1.00 bits per heavy atom. The van der Waals surface area contributed by atoms with E-state index in [0.29, 0.717) is 17.1 Å². The second-order valence-electron chi connectivity index (χ2n) is 4.94. The molecule has 0 aliphatic carbocycles. The van der Waals surface area contributed by atoms with Crippen LogP contribution in [0.2, 0.25) is 5.02 Å². The van der Waals surface area contributed by atoms with E-state index in [1.807, 2.05) is 24.3 Å². The molecule has 0 bridgehead atoms. The highest BCUT2D eigenvalue weighted by Gasteiger charge is 2.09. The first kappa shape index (κ1) is 15.2. The molecule has 0 spiro atoms. The van der Waals surface area contributed by atoms with Gasteiger partial charge in [0.25, 0.3) is 5.91 Å². The highest BCUT2D eigenvalue weighted by molar-refractivity contribution is 6.30. The summed E-state index contributed by atoms with van der Waals surface area (Å²) < 4.78 is 0. The molecule has 2 aromatic heterocycles. The van der Waals surface area contributed by atoms with Crippen molar-refractivity contribution in [2.45, 2.75) is 6.54 Å². The number of carbonyl (C=O) groups excluding carboxylic acids is 1. The van der Waals surface area contributed by atoms with Gasteiger partial charge in [-0.2, -0.15) is 0 Å². The van der Waals surface area contributed by atoms with E-state index in [1.54, 1.807) is 42.9 Å². The second kappa shape index (κ2) is 7.03. The highest BCUT2D eigenvalue weighted by atomic mass is 35.5. The molecule has 4 nitrogen and oxygen atoms in total. The molecule has 1 aromatic carbocycles. The van der Waals surface area contributed by atoms with E-state index in [0.717, 1.165) is 16.8 Å². The smallest absolute Gasteiger partial charge is 0.251 e. The van der Waals surface area contributed by atoms with Crippen molar-refractivity contribution in [2.75, 3.05) is 0 Å². The average Bonchev–Trinajstić information content (AvgIpc) is 2.61. The van der Waals surface area contributed by atoms with Crippen LogP contribution in [0.15, 0.2) is 67.1 Å². The molecule has 0 unspecified atom stereocenters. The van der Waals surface area contributed by atoms with Crippen molar-refractivity contribution in [1.82, 2.24) is 15.3 Å². The van der Waals surface area contributed by atoms with Gasteiger partial charge in [-0.05, 0) is 48.0 Å². The molecule has 0 aliphatic heterocycles. The molecule has 0 saturated heterocycles. The molecule has 3 aromatic rings. The summed E-state index contributed by atoms with van der Waals surface area (Å²) in [7, 11) is 0. The van der Waals surface area contributed by atoms with E-state index in [4.69, 9.17) is 11.6 Å². The van der Waals surface area contributed by atoms with E-state index in [9.17, 15) is 4.79 Å². The second-order valence-corrected chi connectivity index (χ2v) is 5.37. The first-order valence-corrected chi connectivity index (χ1v) is 7.50. The van der Waals surface area contributed by atoms with Crippen LogP contribution < -0.4 is 5.32 Å².